The first kappa shape index (κ1) is 22.6. The van der Waals surface area contributed by atoms with E-state index < -0.39 is 13.0 Å². The van der Waals surface area contributed by atoms with Gasteiger partial charge in [0.1, 0.15) is 13.0 Å². The maximum absolute atomic E-state index is 15.0. The molecule has 0 aliphatic carbocycles. The highest BCUT2D eigenvalue weighted by molar-refractivity contribution is 7.71. The van der Waals surface area contributed by atoms with Crippen molar-refractivity contribution >= 4 is 40.1 Å². The van der Waals surface area contributed by atoms with E-state index in [-0.39, 0.29) is 10.9 Å². The standard InChI is InChI=1S/C27H23FN5O2P/c28-22-10-9-18(15-24-20-6-2-3-7-21(20)26(34)32-31-24)16-25(22)36(35)13-11-33(12-14-36)27-29-17-19-5-1-4-8-23(19)30-27/h1-10,16-17H,11-15H2,(H,32,34). The number of aromatic nitrogens is 4. The fourth-order valence-corrected chi connectivity index (χ4v) is 7.52. The van der Waals surface area contributed by atoms with Crippen LogP contribution >= 0.6 is 7.14 Å². The Morgan fingerprint density at radius 3 is 2.56 bits per heavy atom. The molecule has 5 aromatic rings. The summed E-state index contributed by atoms with van der Waals surface area (Å²) < 4.78 is 28.9. The Hall–Kier alpha value is -3.90. The lowest BCUT2D eigenvalue weighted by atomic mass is 10.0. The first-order chi connectivity index (χ1) is 17.5. The molecule has 1 aliphatic rings. The molecule has 1 fully saturated rings. The van der Waals surface area contributed by atoms with Crippen molar-refractivity contribution in [2.45, 2.75) is 6.42 Å². The van der Waals surface area contributed by atoms with Gasteiger partial charge in [0.25, 0.3) is 5.56 Å². The normalized spacial score (nSPS) is 15.4. The van der Waals surface area contributed by atoms with E-state index in [4.69, 9.17) is 0 Å². The van der Waals surface area contributed by atoms with E-state index in [0.29, 0.717) is 48.9 Å². The summed E-state index contributed by atoms with van der Waals surface area (Å²) in [5.41, 5.74) is 2.09. The van der Waals surface area contributed by atoms with Gasteiger partial charge in [-0.3, -0.25) is 4.79 Å². The number of aromatic amines is 1. The van der Waals surface area contributed by atoms with Crippen LogP contribution < -0.4 is 15.8 Å². The van der Waals surface area contributed by atoms with E-state index in [1.54, 1.807) is 30.5 Å². The second-order valence-electron chi connectivity index (χ2n) is 9.06. The maximum atomic E-state index is 15.0. The summed E-state index contributed by atoms with van der Waals surface area (Å²) in [5, 5.41) is 9.33. The third kappa shape index (κ3) is 4.07. The first-order valence-electron chi connectivity index (χ1n) is 11.8. The van der Waals surface area contributed by atoms with Gasteiger partial charge in [-0.25, -0.2) is 19.5 Å². The van der Waals surface area contributed by atoms with Crippen LogP contribution in [0.4, 0.5) is 10.3 Å². The quantitative estimate of drug-likeness (QED) is 0.375. The van der Waals surface area contributed by atoms with E-state index in [1.165, 1.54) is 6.07 Å². The molecule has 1 saturated heterocycles. The van der Waals surface area contributed by atoms with Crippen LogP contribution in [0, 0.1) is 5.82 Å². The molecule has 0 unspecified atom stereocenters. The molecule has 0 atom stereocenters. The average Bonchev–Trinajstić information content (AvgIpc) is 2.91. The number of hydrogen-bond donors (Lipinski definition) is 1. The lowest BCUT2D eigenvalue weighted by Crippen LogP contribution is -2.38. The molecular weight excluding hydrogens is 476 g/mol. The Bertz CT molecular complexity index is 1710. The summed E-state index contributed by atoms with van der Waals surface area (Å²) in [6, 6.07) is 19.8. The zero-order chi connectivity index (χ0) is 24.7. The molecule has 3 heterocycles. The van der Waals surface area contributed by atoms with E-state index in [9.17, 15) is 13.8 Å². The molecule has 0 amide bonds. The van der Waals surface area contributed by atoms with Crippen molar-refractivity contribution in [3.05, 3.63) is 100 Å². The fourth-order valence-electron chi connectivity index (χ4n) is 4.82. The predicted octanol–water partition coefficient (Wildman–Crippen LogP) is 4.10. The predicted molar refractivity (Wildman–Crippen MR) is 140 cm³/mol. The van der Waals surface area contributed by atoms with Gasteiger partial charge in [-0.05, 0) is 29.8 Å². The number of H-pyrrole nitrogens is 1. The molecule has 0 radical (unpaired) electrons. The van der Waals surface area contributed by atoms with E-state index >= 15 is 0 Å². The molecule has 180 valence electrons. The molecule has 1 N–H and O–H groups in total. The average molecular weight is 499 g/mol. The summed E-state index contributed by atoms with van der Waals surface area (Å²) in [5.74, 6) is 0.155. The van der Waals surface area contributed by atoms with E-state index in [0.717, 1.165) is 21.9 Å². The number of anilines is 1. The van der Waals surface area contributed by atoms with Crippen LogP contribution in [0.2, 0.25) is 0 Å². The molecule has 6 rings (SSSR count). The third-order valence-electron chi connectivity index (χ3n) is 6.82. The Morgan fingerprint density at radius 1 is 0.972 bits per heavy atom. The van der Waals surface area contributed by atoms with Crippen LogP contribution in [0.25, 0.3) is 21.7 Å². The summed E-state index contributed by atoms with van der Waals surface area (Å²) >= 11 is 0. The Kier molecular flexibility index (Phi) is 5.61. The van der Waals surface area contributed by atoms with E-state index in [1.807, 2.05) is 41.3 Å². The zero-order valence-electron chi connectivity index (χ0n) is 19.4. The molecule has 0 bridgehead atoms. The highest BCUT2D eigenvalue weighted by atomic mass is 31.2. The lowest BCUT2D eigenvalue weighted by Gasteiger charge is -2.32. The van der Waals surface area contributed by atoms with Gasteiger partial charge in [-0.1, -0.05) is 42.5 Å². The molecule has 0 saturated carbocycles. The lowest BCUT2D eigenvalue weighted by molar-refractivity contribution is 0.570. The minimum Gasteiger partial charge on any atom is -0.340 e. The number of nitrogens with one attached hydrogen (secondary N) is 1. The molecule has 36 heavy (non-hydrogen) atoms. The summed E-state index contributed by atoms with van der Waals surface area (Å²) in [7, 11) is -2.95. The maximum Gasteiger partial charge on any atom is 0.272 e. The molecule has 2 aromatic heterocycles. The van der Waals surface area contributed by atoms with Gasteiger partial charge in [0.2, 0.25) is 5.95 Å². The summed E-state index contributed by atoms with van der Waals surface area (Å²) in [4.78, 5) is 23.2. The van der Waals surface area contributed by atoms with Crippen molar-refractivity contribution < 1.29 is 8.96 Å². The number of hydrogen-bond acceptors (Lipinski definition) is 6. The number of rotatable bonds is 4. The molecule has 9 heteroatoms. The van der Waals surface area contributed by atoms with Crippen LogP contribution in [-0.4, -0.2) is 45.6 Å². The third-order valence-corrected chi connectivity index (χ3v) is 9.88. The van der Waals surface area contributed by atoms with Crippen molar-refractivity contribution in [3.8, 4) is 0 Å². The van der Waals surface area contributed by atoms with E-state index in [2.05, 4.69) is 20.2 Å². The SMILES string of the molecule is O=c1[nH]nc(Cc2ccc(F)c(P3(=O)CCN(c4ncc5ccccc5n4)CC3)c2)c2ccccc12. The van der Waals surface area contributed by atoms with Gasteiger partial charge in [0.05, 0.1) is 16.6 Å². The molecular formula is C27H23FN5O2P. The van der Waals surface area contributed by atoms with Gasteiger partial charge in [-0.15, -0.1) is 0 Å². The Labute approximate surface area is 206 Å². The minimum absolute atomic E-state index is 0.249. The number of halogens is 1. The second-order valence-corrected chi connectivity index (χ2v) is 12.2. The number of nitrogens with zero attached hydrogens (tertiary/aromatic N) is 4. The van der Waals surface area contributed by atoms with Gasteiger partial charge in [0, 0.05) is 54.1 Å². The second kappa shape index (κ2) is 8.95. The molecule has 1 aliphatic heterocycles. The highest BCUT2D eigenvalue weighted by Gasteiger charge is 2.34. The largest absolute Gasteiger partial charge is 0.340 e. The highest BCUT2D eigenvalue weighted by Crippen LogP contribution is 2.47. The van der Waals surface area contributed by atoms with Gasteiger partial charge < -0.3 is 9.46 Å². The number of para-hydroxylation sites is 1. The van der Waals surface area contributed by atoms with Crippen LogP contribution in [0.1, 0.15) is 11.3 Å². The smallest absolute Gasteiger partial charge is 0.272 e. The fraction of sp³-hybridized carbons (Fsp3) is 0.185. The van der Waals surface area contributed by atoms with Gasteiger partial charge in [0.15, 0.2) is 0 Å². The minimum atomic E-state index is -2.95. The van der Waals surface area contributed by atoms with Crippen LogP contribution in [-0.2, 0) is 11.0 Å². The molecule has 7 nitrogen and oxygen atoms in total. The van der Waals surface area contributed by atoms with Crippen molar-refractivity contribution in [1.29, 1.82) is 0 Å². The summed E-state index contributed by atoms with van der Waals surface area (Å²) in [6.07, 6.45) is 2.89. The number of fused-ring (bicyclic) bond motifs is 2. The molecule has 0 spiro atoms. The van der Waals surface area contributed by atoms with Crippen LogP contribution in [0.5, 0.6) is 0 Å². The van der Waals surface area contributed by atoms with Crippen molar-refractivity contribution in [1.82, 2.24) is 20.2 Å². The van der Waals surface area contributed by atoms with Crippen LogP contribution in [0.15, 0.2) is 77.7 Å². The topological polar surface area (TPSA) is 91.8 Å². The van der Waals surface area contributed by atoms with Crippen LogP contribution in [0.3, 0.4) is 0 Å². The van der Waals surface area contributed by atoms with Gasteiger partial charge in [-0.2, -0.15) is 5.10 Å². The molecule has 3 aromatic carbocycles. The van der Waals surface area contributed by atoms with Crippen molar-refractivity contribution in [2.75, 3.05) is 30.3 Å². The van der Waals surface area contributed by atoms with Gasteiger partial charge >= 0.3 is 0 Å². The van der Waals surface area contributed by atoms with Crippen molar-refractivity contribution in [2.24, 2.45) is 0 Å². The monoisotopic (exact) mass is 499 g/mol. The Balaban J connectivity index is 1.25. The zero-order valence-corrected chi connectivity index (χ0v) is 20.3. The Morgan fingerprint density at radius 2 is 1.72 bits per heavy atom. The first-order valence-corrected chi connectivity index (χ1v) is 13.9. The van der Waals surface area contributed by atoms with Crippen molar-refractivity contribution in [3.63, 3.8) is 0 Å². The number of benzene rings is 3. The summed E-state index contributed by atoms with van der Waals surface area (Å²) in [6.45, 7) is 0.983.